The van der Waals surface area contributed by atoms with Gasteiger partial charge >= 0.3 is 0 Å². The highest BCUT2D eigenvalue weighted by molar-refractivity contribution is 5.91. The van der Waals surface area contributed by atoms with E-state index in [-0.39, 0.29) is 5.69 Å². The number of halogens is 2. The van der Waals surface area contributed by atoms with E-state index in [1.165, 1.54) is 6.92 Å². The van der Waals surface area contributed by atoms with Crippen LogP contribution in [0.4, 0.5) is 8.78 Å². The lowest BCUT2D eigenvalue weighted by molar-refractivity contribution is 0.0776. The number of nitrogens with zero attached hydrogens (tertiary/aromatic N) is 2. The number of rotatable bonds is 3. The number of aromatic nitrogens is 3. The van der Waals surface area contributed by atoms with Crippen molar-refractivity contribution in [2.45, 2.75) is 19.4 Å². The van der Waals surface area contributed by atoms with Gasteiger partial charge in [-0.1, -0.05) is 0 Å². The first kappa shape index (κ1) is 9.56. The van der Waals surface area contributed by atoms with E-state index in [0.717, 1.165) is 6.20 Å². The minimum absolute atomic E-state index is 0.00694. The molecule has 0 aliphatic carbocycles. The van der Waals surface area contributed by atoms with E-state index >= 15 is 0 Å². The van der Waals surface area contributed by atoms with Crippen molar-refractivity contribution >= 4 is 5.91 Å². The van der Waals surface area contributed by atoms with Crippen molar-refractivity contribution in [3.05, 3.63) is 11.9 Å². The van der Waals surface area contributed by atoms with Crippen LogP contribution >= 0.6 is 0 Å². The van der Waals surface area contributed by atoms with E-state index in [4.69, 9.17) is 0 Å². The maximum absolute atomic E-state index is 12.0. The molecule has 0 aliphatic heterocycles. The second kappa shape index (κ2) is 3.92. The Balaban J connectivity index is 2.52. The lowest BCUT2D eigenvalue weighted by atomic mass is 10.3. The summed E-state index contributed by atoms with van der Waals surface area (Å²) < 4.78 is 23.9. The van der Waals surface area contributed by atoms with Gasteiger partial charge in [0, 0.05) is 0 Å². The van der Waals surface area contributed by atoms with Gasteiger partial charge in [-0.25, -0.2) is 8.78 Å². The summed E-state index contributed by atoms with van der Waals surface area (Å²) >= 11 is 0. The Morgan fingerprint density at radius 1 is 1.69 bits per heavy atom. The fourth-order valence-corrected chi connectivity index (χ4v) is 0.655. The average Bonchev–Trinajstić information content (AvgIpc) is 2.55. The minimum atomic E-state index is -2.59. The van der Waals surface area contributed by atoms with Crippen molar-refractivity contribution in [1.82, 2.24) is 20.7 Å². The van der Waals surface area contributed by atoms with Crippen LogP contribution in [0.15, 0.2) is 6.20 Å². The summed E-state index contributed by atoms with van der Waals surface area (Å²) in [7, 11) is 0. The van der Waals surface area contributed by atoms with E-state index < -0.39 is 18.4 Å². The summed E-state index contributed by atoms with van der Waals surface area (Å²) in [5, 5.41) is 11.1. The monoisotopic (exact) mass is 190 g/mol. The van der Waals surface area contributed by atoms with Crippen molar-refractivity contribution in [2.24, 2.45) is 0 Å². The molecule has 72 valence electrons. The van der Waals surface area contributed by atoms with Gasteiger partial charge in [-0.05, 0) is 6.92 Å². The molecule has 0 saturated heterocycles. The Bertz CT molecular complexity index is 274. The SMILES string of the molecule is CC(NC(=O)c1cn[nH]n1)C(F)F. The molecule has 1 atom stereocenters. The predicted molar refractivity (Wildman–Crippen MR) is 39.3 cm³/mol. The molecule has 0 aliphatic rings. The third kappa shape index (κ3) is 2.46. The highest BCUT2D eigenvalue weighted by Gasteiger charge is 2.18. The number of carbonyl (C=O) groups excluding carboxylic acids is 1. The van der Waals surface area contributed by atoms with Crippen LogP contribution in [0.3, 0.4) is 0 Å². The van der Waals surface area contributed by atoms with Gasteiger partial charge in [-0.2, -0.15) is 15.4 Å². The highest BCUT2D eigenvalue weighted by atomic mass is 19.3. The molecule has 1 amide bonds. The molecule has 1 heterocycles. The largest absolute Gasteiger partial charge is 0.342 e. The lowest BCUT2D eigenvalue weighted by Gasteiger charge is -2.10. The van der Waals surface area contributed by atoms with Crippen molar-refractivity contribution < 1.29 is 13.6 Å². The molecule has 0 bridgehead atoms. The fourth-order valence-electron chi connectivity index (χ4n) is 0.655. The summed E-state index contributed by atoms with van der Waals surface area (Å²) in [6.07, 6.45) is -1.43. The molecule has 7 heteroatoms. The van der Waals surface area contributed by atoms with Crippen LogP contribution in [0.1, 0.15) is 17.4 Å². The van der Waals surface area contributed by atoms with Crippen LogP contribution in [-0.4, -0.2) is 33.8 Å². The molecule has 13 heavy (non-hydrogen) atoms. The van der Waals surface area contributed by atoms with E-state index in [9.17, 15) is 13.6 Å². The molecule has 0 fully saturated rings. The first-order chi connectivity index (χ1) is 6.11. The fraction of sp³-hybridized carbons (Fsp3) is 0.500. The second-order valence-corrected chi connectivity index (χ2v) is 2.45. The van der Waals surface area contributed by atoms with Gasteiger partial charge in [-0.3, -0.25) is 4.79 Å². The predicted octanol–water partition coefficient (Wildman–Crippen LogP) is 0.188. The molecule has 2 N–H and O–H groups in total. The quantitative estimate of drug-likeness (QED) is 0.714. The van der Waals surface area contributed by atoms with Gasteiger partial charge in [0.1, 0.15) is 0 Å². The number of hydrogen-bond acceptors (Lipinski definition) is 3. The van der Waals surface area contributed by atoms with Crippen LogP contribution < -0.4 is 5.32 Å². The third-order valence-corrected chi connectivity index (χ3v) is 1.38. The molecule has 0 aromatic carbocycles. The lowest BCUT2D eigenvalue weighted by Crippen LogP contribution is -2.37. The Labute approximate surface area is 72.5 Å². The van der Waals surface area contributed by atoms with E-state index in [1.807, 2.05) is 0 Å². The van der Waals surface area contributed by atoms with Crippen molar-refractivity contribution in [1.29, 1.82) is 0 Å². The molecule has 1 rings (SSSR count). The topological polar surface area (TPSA) is 70.7 Å². The number of carbonyl (C=O) groups is 1. The summed E-state index contributed by atoms with van der Waals surface area (Å²) in [4.78, 5) is 11.1. The molecule has 1 aromatic rings. The van der Waals surface area contributed by atoms with E-state index in [0.29, 0.717) is 0 Å². The first-order valence-electron chi connectivity index (χ1n) is 3.56. The van der Waals surface area contributed by atoms with Gasteiger partial charge in [0.2, 0.25) is 0 Å². The van der Waals surface area contributed by atoms with Crippen molar-refractivity contribution in [3.63, 3.8) is 0 Å². The molecule has 1 aromatic heterocycles. The standard InChI is InChI=1S/C6H8F2N4O/c1-3(5(7)8)10-6(13)4-2-9-12-11-4/h2-3,5H,1H3,(H,10,13)(H,9,11,12). The van der Waals surface area contributed by atoms with Crippen LogP contribution in [0.25, 0.3) is 0 Å². The maximum Gasteiger partial charge on any atom is 0.273 e. The minimum Gasteiger partial charge on any atom is -0.342 e. The van der Waals surface area contributed by atoms with Gasteiger partial charge in [-0.15, -0.1) is 0 Å². The smallest absolute Gasteiger partial charge is 0.273 e. The maximum atomic E-state index is 12.0. The Kier molecular flexibility index (Phi) is 2.88. The second-order valence-electron chi connectivity index (χ2n) is 2.45. The Morgan fingerprint density at radius 2 is 2.38 bits per heavy atom. The van der Waals surface area contributed by atoms with Crippen LogP contribution in [-0.2, 0) is 0 Å². The molecular weight excluding hydrogens is 182 g/mol. The average molecular weight is 190 g/mol. The molecule has 5 nitrogen and oxygen atoms in total. The Morgan fingerprint density at radius 3 is 2.85 bits per heavy atom. The van der Waals surface area contributed by atoms with Gasteiger partial charge < -0.3 is 5.32 Å². The van der Waals surface area contributed by atoms with Crippen molar-refractivity contribution in [2.75, 3.05) is 0 Å². The number of nitrogens with one attached hydrogen (secondary N) is 2. The van der Waals surface area contributed by atoms with E-state index in [1.54, 1.807) is 0 Å². The van der Waals surface area contributed by atoms with Crippen LogP contribution in [0, 0.1) is 0 Å². The molecular formula is C6H8F2N4O. The highest BCUT2D eigenvalue weighted by Crippen LogP contribution is 2.00. The molecule has 0 radical (unpaired) electrons. The van der Waals surface area contributed by atoms with Crippen molar-refractivity contribution in [3.8, 4) is 0 Å². The number of H-pyrrole nitrogens is 1. The van der Waals surface area contributed by atoms with Crippen LogP contribution in [0.2, 0.25) is 0 Å². The van der Waals surface area contributed by atoms with Gasteiger partial charge in [0.25, 0.3) is 12.3 Å². The zero-order chi connectivity index (χ0) is 9.84. The molecule has 1 unspecified atom stereocenters. The normalized spacial score (nSPS) is 12.9. The van der Waals surface area contributed by atoms with Crippen LogP contribution in [0.5, 0.6) is 0 Å². The number of aromatic amines is 1. The van der Waals surface area contributed by atoms with Gasteiger partial charge in [0.05, 0.1) is 12.2 Å². The summed E-state index contributed by atoms with van der Waals surface area (Å²) in [6, 6.07) is -1.19. The summed E-state index contributed by atoms with van der Waals surface area (Å²) in [5.74, 6) is -0.665. The molecule has 0 saturated carbocycles. The van der Waals surface area contributed by atoms with E-state index in [2.05, 4.69) is 20.7 Å². The number of alkyl halides is 2. The zero-order valence-electron chi connectivity index (χ0n) is 6.79. The number of amides is 1. The summed E-state index contributed by atoms with van der Waals surface area (Å²) in [5.41, 5.74) is -0.00694. The summed E-state index contributed by atoms with van der Waals surface area (Å²) in [6.45, 7) is 1.21. The zero-order valence-corrected chi connectivity index (χ0v) is 6.79. The first-order valence-corrected chi connectivity index (χ1v) is 3.56. The van der Waals surface area contributed by atoms with Gasteiger partial charge in [0.15, 0.2) is 5.69 Å². The Hall–Kier alpha value is -1.53. The number of hydrogen-bond donors (Lipinski definition) is 2. The third-order valence-electron chi connectivity index (χ3n) is 1.38. The molecule has 0 spiro atoms.